The maximum absolute atomic E-state index is 11.1. The zero-order valence-corrected chi connectivity index (χ0v) is 14.1. The quantitative estimate of drug-likeness (QED) is 0.721. The Morgan fingerprint density at radius 2 is 1.83 bits per heavy atom. The normalized spacial score (nSPS) is 11.7. The Labute approximate surface area is 142 Å². The zero-order valence-electron chi connectivity index (χ0n) is 13.2. The van der Waals surface area contributed by atoms with Crippen molar-refractivity contribution >= 4 is 24.5 Å². The molecule has 0 radical (unpaired) electrons. The van der Waals surface area contributed by atoms with Crippen molar-refractivity contribution in [2.75, 3.05) is 4.31 Å². The summed E-state index contributed by atoms with van der Waals surface area (Å²) >= 11 is 4.04. The highest BCUT2D eigenvalue weighted by atomic mass is 32.1. The minimum absolute atomic E-state index is 0.0187. The molecule has 2 aromatic carbocycles. The highest BCUT2D eigenvalue weighted by Crippen LogP contribution is 2.28. The molecule has 122 valence electrons. The topological polar surface area (TPSA) is 55.6 Å². The van der Waals surface area contributed by atoms with Gasteiger partial charge in [0.15, 0.2) is 0 Å². The van der Waals surface area contributed by atoms with Crippen molar-refractivity contribution in [1.29, 1.82) is 0 Å². The molecule has 0 saturated heterocycles. The second-order valence-corrected chi connectivity index (χ2v) is 5.70. The molecule has 4 nitrogen and oxygen atoms in total. The molecular weight excluding hydrogens is 308 g/mol. The molecule has 2 rings (SSSR count). The number of primary amides is 1. The van der Waals surface area contributed by atoms with Crippen LogP contribution in [0.25, 0.3) is 0 Å². The smallest absolute Gasteiger partial charge is 0.329 e. The Hall–Kier alpha value is -2.14. The van der Waals surface area contributed by atoms with Gasteiger partial charge in [0.1, 0.15) is 11.9 Å². The standard InChI is InChI=1S/C18H22N2O2S/c1-2-3-9-17(14-7-5-4-6-8-14)22-16-12-10-15(11-13-16)20(23)18(19)21/h4-8,10-13,17,23H,2-3,9H2,1H3,(H2,19,21). The van der Waals surface area contributed by atoms with E-state index in [0.717, 1.165) is 34.9 Å². The lowest BCUT2D eigenvalue weighted by molar-refractivity contribution is 0.191. The molecule has 0 bridgehead atoms. The lowest BCUT2D eigenvalue weighted by Crippen LogP contribution is -2.27. The van der Waals surface area contributed by atoms with Crippen LogP contribution >= 0.6 is 12.8 Å². The number of amides is 2. The summed E-state index contributed by atoms with van der Waals surface area (Å²) in [4.78, 5) is 11.1. The molecule has 1 atom stereocenters. The second kappa shape index (κ2) is 8.48. The number of urea groups is 1. The summed E-state index contributed by atoms with van der Waals surface area (Å²) in [7, 11) is 0. The van der Waals surface area contributed by atoms with Gasteiger partial charge in [0, 0.05) is 0 Å². The molecule has 23 heavy (non-hydrogen) atoms. The van der Waals surface area contributed by atoms with Crippen LogP contribution in [0, 0.1) is 0 Å². The number of benzene rings is 2. The average Bonchev–Trinajstić information content (AvgIpc) is 2.59. The molecule has 2 amide bonds. The van der Waals surface area contributed by atoms with Gasteiger partial charge in [-0.05, 0) is 42.7 Å². The van der Waals surface area contributed by atoms with Crippen molar-refractivity contribution in [3.63, 3.8) is 0 Å². The number of nitrogens with two attached hydrogens (primary N) is 1. The fourth-order valence-corrected chi connectivity index (χ4v) is 2.44. The van der Waals surface area contributed by atoms with Crippen molar-refractivity contribution < 1.29 is 9.53 Å². The number of carbonyl (C=O) groups excluding carboxylic acids is 1. The molecule has 2 N–H and O–H groups in total. The molecule has 0 aliphatic rings. The molecule has 0 fully saturated rings. The Balaban J connectivity index is 2.11. The zero-order chi connectivity index (χ0) is 16.7. The van der Waals surface area contributed by atoms with E-state index in [1.165, 1.54) is 0 Å². The van der Waals surface area contributed by atoms with Gasteiger partial charge in [0.2, 0.25) is 0 Å². The Morgan fingerprint density at radius 3 is 2.39 bits per heavy atom. The summed E-state index contributed by atoms with van der Waals surface area (Å²) in [6.07, 6.45) is 3.20. The highest BCUT2D eigenvalue weighted by Gasteiger charge is 2.13. The van der Waals surface area contributed by atoms with Crippen molar-refractivity contribution in [2.45, 2.75) is 32.3 Å². The molecule has 2 aromatic rings. The van der Waals surface area contributed by atoms with Gasteiger partial charge in [-0.1, -0.05) is 56.5 Å². The lowest BCUT2D eigenvalue weighted by Gasteiger charge is -2.20. The Kier molecular flexibility index (Phi) is 6.35. The summed E-state index contributed by atoms with van der Waals surface area (Å²) in [6.45, 7) is 2.17. The number of thiol groups is 1. The third-order valence-electron chi connectivity index (χ3n) is 3.56. The van der Waals surface area contributed by atoms with Gasteiger partial charge in [0.25, 0.3) is 0 Å². The van der Waals surface area contributed by atoms with Gasteiger partial charge in [-0.15, -0.1) is 0 Å². The van der Waals surface area contributed by atoms with Gasteiger partial charge in [-0.2, -0.15) is 0 Å². The number of carbonyl (C=O) groups is 1. The van der Waals surface area contributed by atoms with E-state index < -0.39 is 6.03 Å². The van der Waals surface area contributed by atoms with Gasteiger partial charge >= 0.3 is 6.03 Å². The van der Waals surface area contributed by atoms with Crippen LogP contribution in [-0.2, 0) is 0 Å². The van der Waals surface area contributed by atoms with E-state index in [0.29, 0.717) is 5.69 Å². The molecular formula is C18H22N2O2S. The first kappa shape index (κ1) is 17.2. The minimum Gasteiger partial charge on any atom is -0.486 e. The number of hydrogen-bond donors (Lipinski definition) is 2. The molecule has 0 aliphatic heterocycles. The molecule has 5 heteroatoms. The van der Waals surface area contributed by atoms with Gasteiger partial charge in [0.05, 0.1) is 5.69 Å². The summed E-state index contributed by atoms with van der Waals surface area (Å²) in [6, 6.07) is 16.7. The Morgan fingerprint density at radius 1 is 1.17 bits per heavy atom. The number of unbranched alkanes of at least 4 members (excludes halogenated alkanes) is 1. The van der Waals surface area contributed by atoms with E-state index in [1.807, 2.05) is 30.3 Å². The molecule has 0 heterocycles. The first-order valence-corrected chi connectivity index (χ1v) is 8.12. The third kappa shape index (κ3) is 4.93. The van der Waals surface area contributed by atoms with Gasteiger partial charge in [-0.3, -0.25) is 0 Å². The molecule has 0 aromatic heterocycles. The van der Waals surface area contributed by atoms with E-state index in [9.17, 15) is 4.79 Å². The fraction of sp³-hybridized carbons (Fsp3) is 0.278. The summed E-state index contributed by atoms with van der Waals surface area (Å²) in [5.41, 5.74) is 6.97. The van der Waals surface area contributed by atoms with Crippen molar-refractivity contribution in [1.82, 2.24) is 0 Å². The van der Waals surface area contributed by atoms with Crippen molar-refractivity contribution in [3.8, 4) is 5.75 Å². The second-order valence-electron chi connectivity index (χ2n) is 5.30. The highest BCUT2D eigenvalue weighted by molar-refractivity contribution is 7.82. The van der Waals surface area contributed by atoms with E-state index in [1.54, 1.807) is 12.1 Å². The minimum atomic E-state index is -0.618. The van der Waals surface area contributed by atoms with Crippen LogP contribution in [0.5, 0.6) is 5.75 Å². The van der Waals surface area contributed by atoms with Crippen LogP contribution in [0.1, 0.15) is 37.9 Å². The molecule has 0 aliphatic carbocycles. The maximum atomic E-state index is 11.1. The monoisotopic (exact) mass is 330 g/mol. The van der Waals surface area contributed by atoms with E-state index in [-0.39, 0.29) is 6.10 Å². The molecule has 1 unspecified atom stereocenters. The molecule has 0 spiro atoms. The van der Waals surface area contributed by atoms with Crippen LogP contribution in [0.3, 0.4) is 0 Å². The first-order chi connectivity index (χ1) is 11.1. The van der Waals surface area contributed by atoms with Crippen LogP contribution in [0.2, 0.25) is 0 Å². The maximum Gasteiger partial charge on any atom is 0.329 e. The summed E-state index contributed by atoms with van der Waals surface area (Å²) in [5, 5.41) is 0. The predicted molar refractivity (Wildman–Crippen MR) is 96.8 cm³/mol. The van der Waals surface area contributed by atoms with Crippen LogP contribution in [0.4, 0.5) is 10.5 Å². The lowest BCUT2D eigenvalue weighted by atomic mass is 10.0. The number of hydrogen-bond acceptors (Lipinski definition) is 3. The van der Waals surface area contributed by atoms with Crippen molar-refractivity contribution in [3.05, 3.63) is 60.2 Å². The van der Waals surface area contributed by atoms with Gasteiger partial charge < -0.3 is 10.5 Å². The number of ether oxygens (including phenoxy) is 1. The SMILES string of the molecule is CCCCC(Oc1ccc(N(S)C(N)=O)cc1)c1ccccc1. The fourth-order valence-electron chi connectivity index (χ4n) is 2.31. The van der Waals surface area contributed by atoms with Crippen LogP contribution in [0.15, 0.2) is 54.6 Å². The third-order valence-corrected chi connectivity index (χ3v) is 3.99. The van der Waals surface area contributed by atoms with Gasteiger partial charge in [-0.25, -0.2) is 9.10 Å². The Bertz CT molecular complexity index is 617. The first-order valence-electron chi connectivity index (χ1n) is 7.72. The molecule has 0 saturated carbocycles. The number of rotatable bonds is 7. The summed E-state index contributed by atoms with van der Waals surface area (Å²) < 4.78 is 7.23. The van der Waals surface area contributed by atoms with Crippen molar-refractivity contribution in [2.24, 2.45) is 5.73 Å². The average molecular weight is 330 g/mol. The summed E-state index contributed by atoms with van der Waals surface area (Å²) in [5.74, 6) is 0.755. The number of nitrogens with zero attached hydrogens (tertiary/aromatic N) is 1. The largest absolute Gasteiger partial charge is 0.486 e. The number of anilines is 1. The van der Waals surface area contributed by atoms with E-state index >= 15 is 0 Å². The van der Waals surface area contributed by atoms with E-state index in [2.05, 4.69) is 31.9 Å². The predicted octanol–water partition coefficient (Wildman–Crippen LogP) is 4.73. The van der Waals surface area contributed by atoms with Crippen LogP contribution in [-0.4, -0.2) is 6.03 Å². The van der Waals surface area contributed by atoms with E-state index in [4.69, 9.17) is 10.5 Å². The van der Waals surface area contributed by atoms with Crippen LogP contribution < -0.4 is 14.8 Å².